The molecule has 0 unspecified atom stereocenters. The summed E-state index contributed by atoms with van der Waals surface area (Å²) in [6, 6.07) is 6.65. The molecule has 0 bridgehead atoms. The summed E-state index contributed by atoms with van der Waals surface area (Å²) in [5, 5.41) is 2.85. The Morgan fingerprint density at radius 3 is 2.53 bits per heavy atom. The van der Waals surface area contributed by atoms with Crippen molar-refractivity contribution < 1.29 is 13.5 Å². The molecule has 1 aromatic carbocycles. The summed E-state index contributed by atoms with van der Waals surface area (Å²) < 4.78 is 31.0. The molecule has 5 heteroatoms. The molecule has 0 saturated carbocycles. The lowest BCUT2D eigenvalue weighted by Gasteiger charge is -2.07. The lowest BCUT2D eigenvalue weighted by molar-refractivity contribution is 0.461. The van der Waals surface area contributed by atoms with Crippen molar-refractivity contribution in [3.63, 3.8) is 0 Å². The Balaban J connectivity index is 2.22. The van der Waals surface area contributed by atoms with Crippen LogP contribution >= 0.6 is 0 Å². The summed E-state index contributed by atoms with van der Waals surface area (Å²) in [6.45, 7) is 0. The van der Waals surface area contributed by atoms with Crippen molar-refractivity contribution >= 4 is 5.82 Å². The van der Waals surface area contributed by atoms with Crippen molar-refractivity contribution in [1.29, 1.82) is 0 Å². The van der Waals surface area contributed by atoms with Crippen LogP contribution in [0.25, 0.3) is 0 Å². The average molecular weight is 236 g/mol. The number of halogens is 2. The average Bonchev–Trinajstić information content (AvgIpc) is 2.34. The highest BCUT2D eigenvalue weighted by atomic mass is 19.2. The smallest absolute Gasteiger partial charge is 0.162 e. The van der Waals surface area contributed by atoms with Crippen LogP contribution in [0.1, 0.15) is 0 Å². The molecule has 1 aromatic heterocycles. The number of hydrogen-bond acceptors (Lipinski definition) is 3. The second-order valence-corrected chi connectivity index (χ2v) is 3.30. The van der Waals surface area contributed by atoms with Gasteiger partial charge in [0.15, 0.2) is 11.6 Å². The molecule has 0 radical (unpaired) electrons. The van der Waals surface area contributed by atoms with Gasteiger partial charge in [-0.05, 0) is 18.2 Å². The summed E-state index contributed by atoms with van der Waals surface area (Å²) in [5.41, 5.74) is 0. The monoisotopic (exact) mass is 236 g/mol. The minimum Gasteiger partial charge on any atom is -0.457 e. The zero-order valence-electron chi connectivity index (χ0n) is 9.08. The zero-order valence-corrected chi connectivity index (χ0v) is 9.08. The van der Waals surface area contributed by atoms with Crippen molar-refractivity contribution in [2.75, 3.05) is 12.4 Å². The molecule has 0 atom stereocenters. The lowest BCUT2D eigenvalue weighted by atomic mass is 10.3. The maximum atomic E-state index is 12.9. The van der Waals surface area contributed by atoms with E-state index in [0.29, 0.717) is 11.6 Å². The molecule has 0 aliphatic rings. The van der Waals surface area contributed by atoms with E-state index in [0.717, 1.165) is 12.1 Å². The van der Waals surface area contributed by atoms with Crippen LogP contribution in [-0.4, -0.2) is 12.0 Å². The van der Waals surface area contributed by atoms with Gasteiger partial charge in [0.25, 0.3) is 0 Å². The molecule has 0 saturated heterocycles. The second-order valence-electron chi connectivity index (χ2n) is 3.30. The van der Waals surface area contributed by atoms with Gasteiger partial charge >= 0.3 is 0 Å². The molecular weight excluding hydrogens is 226 g/mol. The van der Waals surface area contributed by atoms with Gasteiger partial charge in [-0.2, -0.15) is 0 Å². The summed E-state index contributed by atoms with van der Waals surface area (Å²) in [6.07, 6.45) is 1.56. The number of pyridine rings is 1. The number of hydrogen-bond donors (Lipinski definition) is 1. The number of nitrogens with one attached hydrogen (secondary N) is 1. The SMILES string of the molecule is CNc1cc(Oc2ccc(F)c(F)c2)ccn1. The first-order valence-corrected chi connectivity index (χ1v) is 4.96. The predicted molar refractivity (Wildman–Crippen MR) is 60.2 cm³/mol. The Labute approximate surface area is 97.1 Å². The van der Waals surface area contributed by atoms with Gasteiger partial charge in [-0.1, -0.05) is 0 Å². The molecule has 0 aliphatic heterocycles. The van der Waals surface area contributed by atoms with E-state index in [-0.39, 0.29) is 5.75 Å². The maximum Gasteiger partial charge on any atom is 0.162 e. The van der Waals surface area contributed by atoms with Crippen molar-refractivity contribution in [2.24, 2.45) is 0 Å². The Bertz CT molecular complexity index is 532. The standard InChI is InChI=1S/C12H10F2N2O/c1-15-12-7-9(4-5-16-12)17-8-2-3-10(13)11(14)6-8/h2-7H,1H3,(H,15,16). The van der Waals surface area contributed by atoms with Crippen LogP contribution in [0.4, 0.5) is 14.6 Å². The molecule has 0 fully saturated rings. The van der Waals surface area contributed by atoms with Crippen LogP contribution in [0.3, 0.4) is 0 Å². The number of nitrogens with zero attached hydrogens (tertiary/aromatic N) is 1. The van der Waals surface area contributed by atoms with Crippen molar-refractivity contribution in [2.45, 2.75) is 0 Å². The quantitative estimate of drug-likeness (QED) is 0.888. The predicted octanol–water partition coefficient (Wildman–Crippen LogP) is 3.19. The van der Waals surface area contributed by atoms with E-state index < -0.39 is 11.6 Å². The third-order valence-corrected chi connectivity index (χ3v) is 2.11. The van der Waals surface area contributed by atoms with Crippen molar-refractivity contribution in [1.82, 2.24) is 4.98 Å². The Kier molecular flexibility index (Phi) is 3.18. The van der Waals surface area contributed by atoms with Gasteiger partial charge in [0.2, 0.25) is 0 Å². The summed E-state index contributed by atoms with van der Waals surface area (Å²) in [7, 11) is 1.73. The highest BCUT2D eigenvalue weighted by molar-refractivity contribution is 5.41. The molecule has 0 amide bonds. The van der Waals surface area contributed by atoms with E-state index in [9.17, 15) is 8.78 Å². The fraction of sp³-hybridized carbons (Fsp3) is 0.0833. The van der Waals surface area contributed by atoms with Gasteiger partial charge in [0.1, 0.15) is 17.3 Å². The Morgan fingerprint density at radius 1 is 1.06 bits per heavy atom. The van der Waals surface area contributed by atoms with Crippen molar-refractivity contribution in [3.05, 3.63) is 48.2 Å². The van der Waals surface area contributed by atoms with Crippen LogP contribution < -0.4 is 10.1 Å². The summed E-state index contributed by atoms with van der Waals surface area (Å²) >= 11 is 0. The van der Waals surface area contributed by atoms with Gasteiger partial charge in [0, 0.05) is 25.4 Å². The fourth-order valence-electron chi connectivity index (χ4n) is 1.29. The molecule has 0 aliphatic carbocycles. The van der Waals surface area contributed by atoms with Crippen LogP contribution in [0.5, 0.6) is 11.5 Å². The third-order valence-electron chi connectivity index (χ3n) is 2.11. The number of benzene rings is 1. The van der Waals surface area contributed by atoms with Gasteiger partial charge in [0.05, 0.1) is 0 Å². The number of aromatic nitrogens is 1. The largest absolute Gasteiger partial charge is 0.457 e. The van der Waals surface area contributed by atoms with Gasteiger partial charge < -0.3 is 10.1 Å². The number of anilines is 1. The Morgan fingerprint density at radius 2 is 1.82 bits per heavy atom. The molecule has 3 nitrogen and oxygen atoms in total. The molecule has 17 heavy (non-hydrogen) atoms. The molecular formula is C12H10F2N2O. The zero-order chi connectivity index (χ0) is 12.3. The van der Waals surface area contributed by atoms with E-state index in [4.69, 9.17) is 4.74 Å². The lowest BCUT2D eigenvalue weighted by Crippen LogP contribution is -1.93. The van der Waals surface area contributed by atoms with Gasteiger partial charge in [-0.25, -0.2) is 13.8 Å². The van der Waals surface area contributed by atoms with Crippen LogP contribution in [0.2, 0.25) is 0 Å². The normalized spacial score (nSPS) is 10.1. The van der Waals surface area contributed by atoms with Crippen LogP contribution in [0, 0.1) is 11.6 Å². The van der Waals surface area contributed by atoms with Gasteiger partial charge in [-0.15, -0.1) is 0 Å². The van der Waals surface area contributed by atoms with E-state index in [2.05, 4.69) is 10.3 Å². The molecule has 1 N–H and O–H groups in total. The molecule has 88 valence electrons. The highest BCUT2D eigenvalue weighted by Crippen LogP contribution is 2.24. The minimum absolute atomic E-state index is 0.233. The van der Waals surface area contributed by atoms with Crippen molar-refractivity contribution in [3.8, 4) is 11.5 Å². The maximum absolute atomic E-state index is 12.9. The first kappa shape index (κ1) is 11.3. The number of ether oxygens (including phenoxy) is 1. The highest BCUT2D eigenvalue weighted by Gasteiger charge is 2.04. The molecule has 2 rings (SSSR count). The number of rotatable bonds is 3. The molecule has 1 heterocycles. The van der Waals surface area contributed by atoms with Gasteiger partial charge in [-0.3, -0.25) is 0 Å². The first-order valence-electron chi connectivity index (χ1n) is 4.96. The van der Waals surface area contributed by atoms with Crippen LogP contribution in [-0.2, 0) is 0 Å². The summed E-state index contributed by atoms with van der Waals surface area (Å²) in [5.74, 6) is -0.481. The van der Waals surface area contributed by atoms with E-state index in [1.807, 2.05) is 0 Å². The molecule has 0 spiro atoms. The molecule has 2 aromatic rings. The minimum atomic E-state index is -0.939. The first-order chi connectivity index (χ1) is 8.19. The Hall–Kier alpha value is -2.17. The second kappa shape index (κ2) is 4.78. The van der Waals surface area contributed by atoms with E-state index in [1.165, 1.54) is 6.07 Å². The van der Waals surface area contributed by atoms with Crippen LogP contribution in [0.15, 0.2) is 36.5 Å². The third kappa shape index (κ3) is 2.69. The van der Waals surface area contributed by atoms with E-state index in [1.54, 1.807) is 25.4 Å². The topological polar surface area (TPSA) is 34.1 Å². The fourth-order valence-corrected chi connectivity index (χ4v) is 1.29. The van der Waals surface area contributed by atoms with E-state index >= 15 is 0 Å². The summed E-state index contributed by atoms with van der Waals surface area (Å²) in [4.78, 5) is 4.01.